The lowest BCUT2D eigenvalue weighted by molar-refractivity contribution is -0.137. The molecule has 3 rings (SSSR count). The summed E-state index contributed by atoms with van der Waals surface area (Å²) in [5.41, 5.74) is -0.166. The van der Waals surface area contributed by atoms with Crippen molar-refractivity contribution in [3.8, 4) is 0 Å². The van der Waals surface area contributed by atoms with E-state index >= 15 is 0 Å². The van der Waals surface area contributed by atoms with Crippen molar-refractivity contribution in [3.63, 3.8) is 0 Å². The summed E-state index contributed by atoms with van der Waals surface area (Å²) in [7, 11) is 0. The molecule has 1 aromatic heterocycles. The van der Waals surface area contributed by atoms with Crippen LogP contribution >= 0.6 is 11.8 Å². The molecule has 0 bridgehead atoms. The predicted molar refractivity (Wildman–Crippen MR) is 109 cm³/mol. The van der Waals surface area contributed by atoms with Crippen molar-refractivity contribution in [2.24, 2.45) is 0 Å². The maximum absolute atomic E-state index is 12.9. The Hall–Kier alpha value is -1.94. The van der Waals surface area contributed by atoms with Crippen LogP contribution in [-0.4, -0.2) is 58.1 Å². The van der Waals surface area contributed by atoms with Crippen LogP contribution in [0.1, 0.15) is 31.9 Å². The molecule has 0 aliphatic carbocycles. The summed E-state index contributed by atoms with van der Waals surface area (Å²) in [4.78, 5) is 16.1. The van der Waals surface area contributed by atoms with Gasteiger partial charge in [0.15, 0.2) is 5.16 Å². The van der Waals surface area contributed by atoms with Crippen molar-refractivity contribution >= 4 is 17.4 Å². The van der Waals surface area contributed by atoms with Crippen molar-refractivity contribution in [2.75, 3.05) is 43.4 Å². The van der Waals surface area contributed by atoms with Gasteiger partial charge in [0, 0.05) is 43.7 Å². The first kappa shape index (κ1) is 21.8. The van der Waals surface area contributed by atoms with E-state index in [2.05, 4.69) is 15.1 Å². The highest BCUT2D eigenvalue weighted by molar-refractivity contribution is 7.99. The molecule has 1 N–H and O–H groups in total. The summed E-state index contributed by atoms with van der Waals surface area (Å²) in [6, 6.07) is 5.60. The Kier molecular flexibility index (Phi) is 6.94. The zero-order valence-electron chi connectivity index (χ0n) is 16.6. The maximum atomic E-state index is 12.9. The highest BCUT2D eigenvalue weighted by atomic mass is 32.2. The molecule has 1 fully saturated rings. The molecule has 0 atom stereocenters. The van der Waals surface area contributed by atoms with Crippen LogP contribution in [0.15, 0.2) is 34.2 Å². The van der Waals surface area contributed by atoms with Gasteiger partial charge in [0.1, 0.15) is 0 Å². The number of anilines is 1. The Morgan fingerprint density at radius 1 is 1.21 bits per heavy atom. The molecular formula is C19H26F3N5OS. The SMILES string of the molecule is CC(C)n1c(SCCCN2CCN(c3cccc(C(F)(F)F)c3)CC2)n[nH]c1=O. The average molecular weight is 430 g/mol. The monoisotopic (exact) mass is 429 g/mol. The summed E-state index contributed by atoms with van der Waals surface area (Å²) >= 11 is 1.56. The molecule has 1 aliphatic rings. The zero-order valence-corrected chi connectivity index (χ0v) is 17.4. The van der Waals surface area contributed by atoms with E-state index in [1.807, 2.05) is 18.7 Å². The molecular weight excluding hydrogens is 403 g/mol. The number of piperazine rings is 1. The van der Waals surface area contributed by atoms with Crippen LogP contribution in [-0.2, 0) is 6.18 Å². The minimum atomic E-state index is -4.32. The van der Waals surface area contributed by atoms with Crippen molar-refractivity contribution in [1.29, 1.82) is 0 Å². The zero-order chi connectivity index (χ0) is 21.0. The summed E-state index contributed by atoms with van der Waals surface area (Å²) in [6.45, 7) is 7.87. The summed E-state index contributed by atoms with van der Waals surface area (Å²) in [6.07, 6.45) is -3.36. The van der Waals surface area contributed by atoms with Crippen LogP contribution in [0.2, 0.25) is 0 Å². The number of nitrogens with zero attached hydrogens (tertiary/aromatic N) is 4. The molecule has 0 unspecified atom stereocenters. The number of hydrogen-bond acceptors (Lipinski definition) is 5. The average Bonchev–Trinajstić information content (AvgIpc) is 3.06. The second kappa shape index (κ2) is 9.25. The fraction of sp³-hybridized carbons (Fsp3) is 0.579. The van der Waals surface area contributed by atoms with Gasteiger partial charge >= 0.3 is 11.9 Å². The number of halogens is 3. The normalized spacial score (nSPS) is 16.0. The van der Waals surface area contributed by atoms with Gasteiger partial charge in [-0.15, -0.1) is 5.10 Å². The first-order valence-corrected chi connectivity index (χ1v) is 10.7. The molecule has 0 saturated carbocycles. The van der Waals surface area contributed by atoms with E-state index < -0.39 is 11.7 Å². The molecule has 1 aromatic carbocycles. The van der Waals surface area contributed by atoms with Gasteiger partial charge in [-0.3, -0.25) is 9.47 Å². The van der Waals surface area contributed by atoms with Gasteiger partial charge in [-0.2, -0.15) is 13.2 Å². The Labute approximate surface area is 172 Å². The van der Waals surface area contributed by atoms with Crippen molar-refractivity contribution in [2.45, 2.75) is 37.6 Å². The Morgan fingerprint density at radius 2 is 1.93 bits per heavy atom. The van der Waals surface area contributed by atoms with E-state index in [9.17, 15) is 18.0 Å². The van der Waals surface area contributed by atoms with Crippen LogP contribution < -0.4 is 10.6 Å². The van der Waals surface area contributed by atoms with Crippen molar-refractivity contribution in [1.82, 2.24) is 19.7 Å². The molecule has 2 heterocycles. The number of benzene rings is 1. The van der Waals surface area contributed by atoms with Crippen LogP contribution in [0.4, 0.5) is 18.9 Å². The van der Waals surface area contributed by atoms with Crippen LogP contribution in [0, 0.1) is 0 Å². The topological polar surface area (TPSA) is 57.2 Å². The predicted octanol–water partition coefficient (Wildman–Crippen LogP) is 3.48. The molecule has 29 heavy (non-hydrogen) atoms. The second-order valence-electron chi connectivity index (χ2n) is 7.35. The van der Waals surface area contributed by atoms with Gasteiger partial charge in [0.05, 0.1) is 5.56 Å². The number of aromatic nitrogens is 3. The number of hydrogen-bond donors (Lipinski definition) is 1. The Balaban J connectivity index is 1.43. The highest BCUT2D eigenvalue weighted by Gasteiger charge is 2.31. The molecule has 1 aliphatic heterocycles. The van der Waals surface area contributed by atoms with Crippen LogP contribution in [0.3, 0.4) is 0 Å². The lowest BCUT2D eigenvalue weighted by Gasteiger charge is -2.36. The molecule has 1 saturated heterocycles. The molecule has 0 radical (unpaired) electrons. The third-order valence-corrected chi connectivity index (χ3v) is 5.99. The largest absolute Gasteiger partial charge is 0.416 e. The molecule has 160 valence electrons. The van der Waals surface area contributed by atoms with E-state index in [-0.39, 0.29) is 11.7 Å². The molecule has 10 heteroatoms. The second-order valence-corrected chi connectivity index (χ2v) is 8.42. The lowest BCUT2D eigenvalue weighted by Crippen LogP contribution is -2.46. The molecule has 0 amide bonds. The van der Waals surface area contributed by atoms with Crippen molar-refractivity contribution in [3.05, 3.63) is 40.3 Å². The quantitative estimate of drug-likeness (QED) is 0.540. The molecule has 6 nitrogen and oxygen atoms in total. The number of alkyl halides is 3. The first-order valence-electron chi connectivity index (χ1n) is 9.70. The summed E-state index contributed by atoms with van der Waals surface area (Å²) in [5.74, 6) is 0.852. The van der Waals surface area contributed by atoms with Gasteiger partial charge in [0.25, 0.3) is 0 Å². The third kappa shape index (κ3) is 5.57. The first-order chi connectivity index (χ1) is 13.8. The number of thioether (sulfide) groups is 1. The standard InChI is InChI=1S/C19H26F3N5OS/c1-14(2)27-17(28)23-24-18(27)29-12-4-7-25-8-10-26(11-9-25)16-6-3-5-15(13-16)19(20,21)22/h3,5-6,13-14H,4,7-12H2,1-2H3,(H,23,28). The summed E-state index contributed by atoms with van der Waals surface area (Å²) < 4.78 is 40.4. The Bertz CT molecular complexity index is 856. The van der Waals surface area contributed by atoms with Gasteiger partial charge in [-0.25, -0.2) is 9.89 Å². The minimum absolute atomic E-state index is 0.0627. The third-order valence-electron chi connectivity index (χ3n) is 4.95. The maximum Gasteiger partial charge on any atom is 0.416 e. The summed E-state index contributed by atoms with van der Waals surface area (Å²) in [5, 5.41) is 7.28. The fourth-order valence-corrected chi connectivity index (χ4v) is 4.41. The minimum Gasteiger partial charge on any atom is -0.369 e. The number of H-pyrrole nitrogens is 1. The van der Waals surface area contributed by atoms with Gasteiger partial charge < -0.3 is 4.90 Å². The highest BCUT2D eigenvalue weighted by Crippen LogP contribution is 2.31. The van der Waals surface area contributed by atoms with Crippen LogP contribution in [0.5, 0.6) is 0 Å². The van der Waals surface area contributed by atoms with E-state index in [0.29, 0.717) is 23.9 Å². The van der Waals surface area contributed by atoms with E-state index in [1.165, 1.54) is 12.1 Å². The number of nitrogens with one attached hydrogen (secondary N) is 1. The van der Waals surface area contributed by atoms with Crippen LogP contribution in [0.25, 0.3) is 0 Å². The fourth-order valence-electron chi connectivity index (χ4n) is 3.41. The van der Waals surface area contributed by atoms with E-state index in [4.69, 9.17) is 0 Å². The molecule has 2 aromatic rings. The number of rotatable bonds is 7. The number of aromatic amines is 1. The lowest BCUT2D eigenvalue weighted by atomic mass is 10.1. The van der Waals surface area contributed by atoms with Crippen molar-refractivity contribution < 1.29 is 13.2 Å². The molecule has 0 spiro atoms. The van der Waals surface area contributed by atoms with E-state index in [0.717, 1.165) is 37.9 Å². The van der Waals surface area contributed by atoms with Gasteiger partial charge in [-0.1, -0.05) is 17.8 Å². The van der Waals surface area contributed by atoms with E-state index in [1.54, 1.807) is 22.4 Å². The Morgan fingerprint density at radius 3 is 2.59 bits per heavy atom. The van der Waals surface area contributed by atoms with Gasteiger partial charge in [0.2, 0.25) is 0 Å². The smallest absolute Gasteiger partial charge is 0.369 e. The van der Waals surface area contributed by atoms with Gasteiger partial charge in [-0.05, 0) is 45.0 Å².